The SMILES string of the molecule is CC1=NN(c2cccc(Cl)c2)C(=O)C1CN. The average molecular weight is 238 g/mol. The molecule has 0 aliphatic carbocycles. The number of hydrogen-bond acceptors (Lipinski definition) is 3. The van der Waals surface area contributed by atoms with Gasteiger partial charge in [0.2, 0.25) is 0 Å². The molecule has 0 saturated heterocycles. The number of hydrazone groups is 1. The lowest BCUT2D eigenvalue weighted by molar-refractivity contribution is -0.119. The molecule has 84 valence electrons. The van der Waals surface area contributed by atoms with Crippen LogP contribution in [0.2, 0.25) is 5.02 Å². The average Bonchev–Trinajstić information content (AvgIpc) is 2.54. The van der Waals surface area contributed by atoms with E-state index < -0.39 is 0 Å². The highest BCUT2D eigenvalue weighted by Crippen LogP contribution is 2.25. The zero-order chi connectivity index (χ0) is 11.7. The van der Waals surface area contributed by atoms with Crippen LogP contribution in [0.5, 0.6) is 0 Å². The quantitative estimate of drug-likeness (QED) is 0.850. The Bertz CT molecular complexity index is 458. The Hall–Kier alpha value is -1.39. The van der Waals surface area contributed by atoms with Crippen LogP contribution in [0.4, 0.5) is 5.69 Å². The monoisotopic (exact) mass is 237 g/mol. The highest BCUT2D eigenvalue weighted by atomic mass is 35.5. The number of benzene rings is 1. The molecular weight excluding hydrogens is 226 g/mol. The lowest BCUT2D eigenvalue weighted by atomic mass is 10.1. The second kappa shape index (κ2) is 4.23. The van der Waals surface area contributed by atoms with E-state index in [1.54, 1.807) is 31.2 Å². The van der Waals surface area contributed by atoms with E-state index >= 15 is 0 Å². The lowest BCUT2D eigenvalue weighted by Crippen LogP contribution is -2.32. The van der Waals surface area contributed by atoms with E-state index in [0.717, 1.165) is 5.71 Å². The Morgan fingerprint density at radius 2 is 2.31 bits per heavy atom. The van der Waals surface area contributed by atoms with E-state index in [4.69, 9.17) is 17.3 Å². The molecule has 2 rings (SSSR count). The van der Waals surface area contributed by atoms with Gasteiger partial charge in [0.15, 0.2) is 0 Å². The van der Waals surface area contributed by atoms with Gasteiger partial charge in [-0.1, -0.05) is 17.7 Å². The fraction of sp³-hybridized carbons (Fsp3) is 0.273. The maximum Gasteiger partial charge on any atom is 0.257 e. The molecule has 1 heterocycles. The number of nitrogens with zero attached hydrogens (tertiary/aromatic N) is 2. The molecule has 0 spiro atoms. The second-order valence-corrected chi connectivity index (χ2v) is 4.10. The molecule has 0 saturated carbocycles. The number of halogens is 1. The number of rotatable bonds is 2. The van der Waals surface area contributed by atoms with Crippen molar-refractivity contribution in [3.63, 3.8) is 0 Å². The van der Waals surface area contributed by atoms with Gasteiger partial charge in [0.05, 0.1) is 11.6 Å². The van der Waals surface area contributed by atoms with Gasteiger partial charge in [-0.2, -0.15) is 5.10 Å². The van der Waals surface area contributed by atoms with Gasteiger partial charge in [0, 0.05) is 17.3 Å². The van der Waals surface area contributed by atoms with Gasteiger partial charge >= 0.3 is 0 Å². The minimum absolute atomic E-state index is 0.0951. The van der Waals surface area contributed by atoms with Crippen LogP contribution in [-0.4, -0.2) is 18.2 Å². The number of amides is 1. The first-order chi connectivity index (χ1) is 7.63. The Kier molecular flexibility index (Phi) is 2.94. The molecular formula is C11H12ClN3O. The first-order valence-electron chi connectivity index (χ1n) is 4.98. The van der Waals surface area contributed by atoms with Crippen LogP contribution in [0, 0.1) is 5.92 Å². The van der Waals surface area contributed by atoms with Gasteiger partial charge in [0.25, 0.3) is 5.91 Å². The Labute approximate surface area is 98.7 Å². The van der Waals surface area contributed by atoms with E-state index in [0.29, 0.717) is 10.7 Å². The molecule has 1 amide bonds. The number of hydrogen-bond donors (Lipinski definition) is 1. The third kappa shape index (κ3) is 1.81. The molecule has 1 atom stereocenters. The van der Waals surface area contributed by atoms with Gasteiger partial charge in [-0.25, -0.2) is 5.01 Å². The zero-order valence-electron chi connectivity index (χ0n) is 8.85. The van der Waals surface area contributed by atoms with Crippen molar-refractivity contribution >= 4 is 28.9 Å². The van der Waals surface area contributed by atoms with Gasteiger partial charge in [0.1, 0.15) is 0 Å². The molecule has 1 aromatic rings. The summed E-state index contributed by atoms with van der Waals surface area (Å²) in [7, 11) is 0. The fourth-order valence-electron chi connectivity index (χ4n) is 1.67. The third-order valence-corrected chi connectivity index (χ3v) is 2.79. The van der Waals surface area contributed by atoms with E-state index in [2.05, 4.69) is 5.10 Å². The molecule has 2 N–H and O–H groups in total. The first kappa shape index (κ1) is 11.1. The number of anilines is 1. The van der Waals surface area contributed by atoms with Crippen LogP contribution in [0.3, 0.4) is 0 Å². The number of nitrogens with two attached hydrogens (primary N) is 1. The van der Waals surface area contributed by atoms with E-state index in [1.807, 2.05) is 0 Å². The fourth-order valence-corrected chi connectivity index (χ4v) is 1.85. The summed E-state index contributed by atoms with van der Waals surface area (Å²) in [5.41, 5.74) is 6.95. The maximum absolute atomic E-state index is 11.9. The van der Waals surface area contributed by atoms with Crippen LogP contribution in [0.25, 0.3) is 0 Å². The summed E-state index contributed by atoms with van der Waals surface area (Å²) >= 11 is 5.87. The molecule has 1 aliphatic rings. The summed E-state index contributed by atoms with van der Waals surface area (Å²) in [4.78, 5) is 11.9. The Morgan fingerprint density at radius 1 is 1.56 bits per heavy atom. The third-order valence-electron chi connectivity index (χ3n) is 2.56. The lowest BCUT2D eigenvalue weighted by Gasteiger charge is -2.13. The van der Waals surface area contributed by atoms with Crippen molar-refractivity contribution in [3.05, 3.63) is 29.3 Å². The molecule has 0 fully saturated rings. The van der Waals surface area contributed by atoms with Gasteiger partial charge in [-0.3, -0.25) is 4.79 Å². The smallest absolute Gasteiger partial charge is 0.257 e. The summed E-state index contributed by atoms with van der Waals surface area (Å²) in [6, 6.07) is 7.03. The molecule has 0 bridgehead atoms. The van der Waals surface area contributed by atoms with E-state index in [-0.39, 0.29) is 18.4 Å². The Balaban J connectivity index is 2.34. The molecule has 1 aromatic carbocycles. The molecule has 4 nitrogen and oxygen atoms in total. The van der Waals surface area contributed by atoms with Crippen LogP contribution < -0.4 is 10.7 Å². The highest BCUT2D eigenvalue weighted by molar-refractivity contribution is 6.31. The maximum atomic E-state index is 11.9. The van der Waals surface area contributed by atoms with Crippen molar-refractivity contribution in [1.82, 2.24) is 0 Å². The number of carbonyl (C=O) groups is 1. The molecule has 0 aromatic heterocycles. The van der Waals surface area contributed by atoms with Crippen LogP contribution >= 0.6 is 11.6 Å². The summed E-state index contributed by atoms with van der Waals surface area (Å²) in [6.07, 6.45) is 0. The summed E-state index contributed by atoms with van der Waals surface area (Å²) in [6.45, 7) is 2.09. The predicted octanol–water partition coefficient (Wildman–Crippen LogP) is 1.64. The molecule has 0 radical (unpaired) electrons. The first-order valence-corrected chi connectivity index (χ1v) is 5.36. The van der Waals surface area contributed by atoms with Crippen molar-refractivity contribution in [3.8, 4) is 0 Å². The largest absolute Gasteiger partial charge is 0.329 e. The van der Waals surface area contributed by atoms with Crippen molar-refractivity contribution < 1.29 is 4.79 Å². The van der Waals surface area contributed by atoms with Gasteiger partial charge < -0.3 is 5.73 Å². The molecule has 5 heteroatoms. The van der Waals surface area contributed by atoms with Crippen LogP contribution in [0.15, 0.2) is 29.4 Å². The normalized spacial score (nSPS) is 20.2. The molecule has 1 unspecified atom stereocenters. The zero-order valence-corrected chi connectivity index (χ0v) is 9.61. The van der Waals surface area contributed by atoms with Gasteiger partial charge in [-0.05, 0) is 25.1 Å². The predicted molar refractivity (Wildman–Crippen MR) is 64.6 cm³/mol. The molecule has 16 heavy (non-hydrogen) atoms. The van der Waals surface area contributed by atoms with Crippen molar-refractivity contribution in [2.75, 3.05) is 11.6 Å². The summed E-state index contributed by atoms with van der Waals surface area (Å²) < 4.78 is 0. The second-order valence-electron chi connectivity index (χ2n) is 3.66. The minimum Gasteiger partial charge on any atom is -0.329 e. The number of carbonyl (C=O) groups excluding carboxylic acids is 1. The van der Waals surface area contributed by atoms with Crippen molar-refractivity contribution in [1.29, 1.82) is 0 Å². The topological polar surface area (TPSA) is 58.7 Å². The highest BCUT2D eigenvalue weighted by Gasteiger charge is 2.33. The summed E-state index contributed by atoms with van der Waals surface area (Å²) in [5, 5.41) is 6.13. The van der Waals surface area contributed by atoms with Crippen molar-refractivity contribution in [2.24, 2.45) is 16.8 Å². The minimum atomic E-state index is -0.306. The van der Waals surface area contributed by atoms with Crippen LogP contribution in [0.1, 0.15) is 6.92 Å². The standard InChI is InChI=1S/C11H12ClN3O/c1-7-10(6-13)11(16)15(14-7)9-4-2-3-8(12)5-9/h2-5,10H,6,13H2,1H3. The van der Waals surface area contributed by atoms with Crippen molar-refractivity contribution in [2.45, 2.75) is 6.92 Å². The molecule has 1 aliphatic heterocycles. The summed E-state index contributed by atoms with van der Waals surface area (Å²) in [5.74, 6) is -0.402. The Morgan fingerprint density at radius 3 is 2.88 bits per heavy atom. The van der Waals surface area contributed by atoms with E-state index in [9.17, 15) is 4.79 Å². The van der Waals surface area contributed by atoms with Gasteiger partial charge in [-0.15, -0.1) is 0 Å². The van der Waals surface area contributed by atoms with Crippen LogP contribution in [-0.2, 0) is 4.79 Å². The van der Waals surface area contributed by atoms with E-state index in [1.165, 1.54) is 5.01 Å².